The van der Waals surface area contributed by atoms with Crippen LogP contribution in [0.2, 0.25) is 0 Å². The number of hydrogen-bond acceptors (Lipinski definition) is 2. The molecule has 1 aromatic carbocycles. The van der Waals surface area contributed by atoms with Gasteiger partial charge < -0.3 is 15.2 Å². The van der Waals surface area contributed by atoms with Gasteiger partial charge in [0, 0.05) is 23.2 Å². The van der Waals surface area contributed by atoms with E-state index in [4.69, 9.17) is 5.11 Å². The number of aromatic amines is 1. The van der Waals surface area contributed by atoms with Crippen LogP contribution in [0, 0.1) is 6.92 Å². The fourth-order valence-corrected chi connectivity index (χ4v) is 2.66. The quantitative estimate of drug-likeness (QED) is 0.784. The summed E-state index contributed by atoms with van der Waals surface area (Å²) in [6.07, 6.45) is 1.44. The van der Waals surface area contributed by atoms with Crippen molar-refractivity contribution < 1.29 is 15.0 Å². The second-order valence-electron chi connectivity index (χ2n) is 5.50. The molecule has 0 radical (unpaired) electrons. The van der Waals surface area contributed by atoms with Crippen LogP contribution in [-0.2, 0) is 6.42 Å². The standard InChI is InChI=1S/C16H21NO3/c1-9(2)13-7-11(16(19)20)8-14-12(5-4-6-18)10(3)17-15(13)14/h7-9,17-18H,4-6H2,1-3H3,(H,19,20). The predicted molar refractivity (Wildman–Crippen MR) is 79.5 cm³/mol. The van der Waals surface area contributed by atoms with Crippen molar-refractivity contribution >= 4 is 16.9 Å². The molecule has 0 amide bonds. The summed E-state index contributed by atoms with van der Waals surface area (Å²) >= 11 is 0. The number of H-pyrrole nitrogens is 1. The molecular formula is C16H21NO3. The smallest absolute Gasteiger partial charge is 0.335 e. The Balaban J connectivity index is 2.70. The summed E-state index contributed by atoms with van der Waals surface area (Å²) in [6, 6.07) is 3.49. The molecule has 0 fully saturated rings. The van der Waals surface area contributed by atoms with E-state index in [1.165, 1.54) is 0 Å². The third-order valence-electron chi connectivity index (χ3n) is 3.71. The molecule has 0 bridgehead atoms. The molecule has 108 valence electrons. The number of aliphatic hydroxyl groups excluding tert-OH is 1. The van der Waals surface area contributed by atoms with E-state index in [2.05, 4.69) is 18.8 Å². The number of aryl methyl sites for hydroxylation is 2. The Kier molecular flexibility index (Phi) is 4.14. The highest BCUT2D eigenvalue weighted by Gasteiger charge is 2.17. The first-order chi connectivity index (χ1) is 9.45. The van der Waals surface area contributed by atoms with Crippen molar-refractivity contribution in [3.8, 4) is 0 Å². The van der Waals surface area contributed by atoms with E-state index in [1.807, 2.05) is 6.92 Å². The molecule has 2 aromatic rings. The minimum absolute atomic E-state index is 0.141. The molecule has 0 saturated carbocycles. The maximum absolute atomic E-state index is 11.3. The molecule has 0 aliphatic rings. The number of benzene rings is 1. The van der Waals surface area contributed by atoms with Crippen LogP contribution in [0.3, 0.4) is 0 Å². The van der Waals surface area contributed by atoms with E-state index in [9.17, 15) is 9.90 Å². The molecular weight excluding hydrogens is 254 g/mol. The molecule has 20 heavy (non-hydrogen) atoms. The van der Waals surface area contributed by atoms with Gasteiger partial charge in [0.25, 0.3) is 0 Å². The van der Waals surface area contributed by atoms with Crippen molar-refractivity contribution in [2.75, 3.05) is 6.61 Å². The van der Waals surface area contributed by atoms with E-state index in [0.29, 0.717) is 12.0 Å². The third-order valence-corrected chi connectivity index (χ3v) is 3.71. The molecule has 0 saturated heterocycles. The zero-order valence-corrected chi connectivity index (χ0v) is 12.2. The van der Waals surface area contributed by atoms with Gasteiger partial charge in [-0.1, -0.05) is 13.8 Å². The molecule has 1 aromatic heterocycles. The lowest BCUT2D eigenvalue weighted by atomic mass is 9.95. The summed E-state index contributed by atoms with van der Waals surface area (Å²) in [5.41, 5.74) is 4.54. The molecule has 3 N–H and O–H groups in total. The summed E-state index contributed by atoms with van der Waals surface area (Å²) in [7, 11) is 0. The average Bonchev–Trinajstić information content (AvgIpc) is 2.70. The van der Waals surface area contributed by atoms with Gasteiger partial charge in [-0.2, -0.15) is 0 Å². The topological polar surface area (TPSA) is 73.3 Å². The first-order valence-corrected chi connectivity index (χ1v) is 6.95. The van der Waals surface area contributed by atoms with Gasteiger partial charge in [-0.3, -0.25) is 0 Å². The molecule has 0 unspecified atom stereocenters. The highest BCUT2D eigenvalue weighted by Crippen LogP contribution is 2.31. The van der Waals surface area contributed by atoms with Crippen LogP contribution in [0.5, 0.6) is 0 Å². The van der Waals surface area contributed by atoms with E-state index in [-0.39, 0.29) is 12.5 Å². The zero-order valence-electron chi connectivity index (χ0n) is 12.2. The Morgan fingerprint density at radius 2 is 2.05 bits per heavy atom. The molecule has 0 aliphatic carbocycles. The summed E-state index contributed by atoms with van der Waals surface area (Å²) in [4.78, 5) is 14.7. The van der Waals surface area contributed by atoms with Crippen LogP contribution in [-0.4, -0.2) is 27.8 Å². The summed E-state index contributed by atoms with van der Waals surface area (Å²) < 4.78 is 0. The van der Waals surface area contributed by atoms with Crippen molar-refractivity contribution in [3.63, 3.8) is 0 Å². The highest BCUT2D eigenvalue weighted by atomic mass is 16.4. The van der Waals surface area contributed by atoms with Gasteiger partial charge in [-0.25, -0.2) is 4.79 Å². The van der Waals surface area contributed by atoms with Crippen molar-refractivity contribution in [1.82, 2.24) is 4.98 Å². The van der Waals surface area contributed by atoms with Crippen LogP contribution in [0.1, 0.15) is 53.4 Å². The minimum atomic E-state index is -0.902. The minimum Gasteiger partial charge on any atom is -0.478 e. The molecule has 4 heteroatoms. The lowest BCUT2D eigenvalue weighted by Crippen LogP contribution is -2.00. The third kappa shape index (κ3) is 2.56. The van der Waals surface area contributed by atoms with Gasteiger partial charge in [0.1, 0.15) is 0 Å². The maximum atomic E-state index is 11.3. The van der Waals surface area contributed by atoms with Crippen molar-refractivity contribution in [3.05, 3.63) is 34.5 Å². The Hall–Kier alpha value is -1.81. The van der Waals surface area contributed by atoms with Crippen LogP contribution in [0.15, 0.2) is 12.1 Å². The van der Waals surface area contributed by atoms with Gasteiger partial charge in [0.15, 0.2) is 0 Å². The SMILES string of the molecule is Cc1[nH]c2c(C(C)C)cc(C(=O)O)cc2c1CCCO. The van der Waals surface area contributed by atoms with Crippen molar-refractivity contribution in [2.45, 2.75) is 39.5 Å². The number of carboxylic acids is 1. The summed E-state index contributed by atoms with van der Waals surface area (Å²) in [5.74, 6) is -0.652. The van der Waals surface area contributed by atoms with Crippen LogP contribution in [0.4, 0.5) is 0 Å². The average molecular weight is 275 g/mol. The molecule has 4 nitrogen and oxygen atoms in total. The Bertz CT molecular complexity index is 641. The Morgan fingerprint density at radius 1 is 1.35 bits per heavy atom. The molecule has 0 atom stereocenters. The lowest BCUT2D eigenvalue weighted by Gasteiger charge is -2.09. The summed E-state index contributed by atoms with van der Waals surface area (Å²) in [5, 5.41) is 19.3. The molecule has 2 rings (SSSR count). The first kappa shape index (κ1) is 14.6. The lowest BCUT2D eigenvalue weighted by molar-refractivity contribution is 0.0697. The number of aliphatic hydroxyl groups is 1. The van der Waals surface area contributed by atoms with Gasteiger partial charge >= 0.3 is 5.97 Å². The molecule has 0 spiro atoms. The Morgan fingerprint density at radius 3 is 2.60 bits per heavy atom. The van der Waals surface area contributed by atoms with Gasteiger partial charge in [0.2, 0.25) is 0 Å². The monoisotopic (exact) mass is 275 g/mol. The van der Waals surface area contributed by atoms with E-state index in [1.54, 1.807) is 12.1 Å². The van der Waals surface area contributed by atoms with Crippen LogP contribution in [0.25, 0.3) is 10.9 Å². The van der Waals surface area contributed by atoms with Gasteiger partial charge in [-0.15, -0.1) is 0 Å². The highest BCUT2D eigenvalue weighted by molar-refractivity contribution is 5.97. The normalized spacial score (nSPS) is 11.4. The Labute approximate surface area is 118 Å². The number of rotatable bonds is 5. The van der Waals surface area contributed by atoms with E-state index in [0.717, 1.165) is 34.1 Å². The number of carbonyl (C=O) groups is 1. The van der Waals surface area contributed by atoms with Crippen molar-refractivity contribution in [1.29, 1.82) is 0 Å². The number of nitrogens with one attached hydrogen (secondary N) is 1. The number of aromatic nitrogens is 1. The summed E-state index contributed by atoms with van der Waals surface area (Å²) in [6.45, 7) is 6.26. The number of hydrogen-bond donors (Lipinski definition) is 3. The molecule has 1 heterocycles. The number of carboxylic acid groups (broad SMARTS) is 1. The zero-order chi connectivity index (χ0) is 14.9. The van der Waals surface area contributed by atoms with Crippen LogP contribution >= 0.6 is 0 Å². The second-order valence-corrected chi connectivity index (χ2v) is 5.50. The molecule has 0 aliphatic heterocycles. The van der Waals surface area contributed by atoms with Gasteiger partial charge in [-0.05, 0) is 48.9 Å². The number of aromatic carboxylic acids is 1. The maximum Gasteiger partial charge on any atom is 0.335 e. The van der Waals surface area contributed by atoms with Crippen LogP contribution < -0.4 is 0 Å². The van der Waals surface area contributed by atoms with E-state index < -0.39 is 5.97 Å². The van der Waals surface area contributed by atoms with Crippen molar-refractivity contribution in [2.24, 2.45) is 0 Å². The first-order valence-electron chi connectivity index (χ1n) is 6.95. The second kappa shape index (κ2) is 5.67. The van der Waals surface area contributed by atoms with E-state index >= 15 is 0 Å². The largest absolute Gasteiger partial charge is 0.478 e. The fourth-order valence-electron chi connectivity index (χ4n) is 2.66. The number of fused-ring (bicyclic) bond motifs is 1. The fraction of sp³-hybridized carbons (Fsp3) is 0.438. The van der Waals surface area contributed by atoms with Gasteiger partial charge in [0.05, 0.1) is 5.56 Å². The predicted octanol–water partition coefficient (Wildman–Crippen LogP) is 3.22.